The van der Waals surface area contributed by atoms with Gasteiger partial charge in [0.15, 0.2) is 5.03 Å². The van der Waals surface area contributed by atoms with Gasteiger partial charge in [-0.3, -0.25) is 4.79 Å². The molecule has 130 valence electrons. The molecule has 8 heteroatoms. The molecule has 26 heavy (non-hydrogen) atoms. The fourth-order valence-corrected chi connectivity index (χ4v) is 4.35. The van der Waals surface area contributed by atoms with Gasteiger partial charge in [-0.2, -0.15) is 5.10 Å². The van der Waals surface area contributed by atoms with Crippen molar-refractivity contribution in [3.63, 3.8) is 0 Å². The standard InChI is InChI=1S/C18H12ClN3O3S/c19-12-6-7-14-13(10-12)17(11-4-2-1-3-5-11)18(20-14)26(24,25)16-9-8-15(23)21-22-16/h1-10,20H,(H,21,23). The maximum Gasteiger partial charge on any atom is 0.264 e. The molecular weight excluding hydrogens is 374 g/mol. The third-order valence-corrected chi connectivity index (χ3v) is 5.84. The van der Waals surface area contributed by atoms with Crippen LogP contribution < -0.4 is 5.56 Å². The van der Waals surface area contributed by atoms with Gasteiger partial charge in [0, 0.05) is 27.6 Å². The van der Waals surface area contributed by atoms with Crippen molar-refractivity contribution in [2.24, 2.45) is 0 Å². The molecule has 0 spiro atoms. The second-order valence-electron chi connectivity index (χ2n) is 5.65. The molecule has 4 aromatic rings. The van der Waals surface area contributed by atoms with Crippen LogP contribution in [0.5, 0.6) is 0 Å². The first-order chi connectivity index (χ1) is 12.5. The van der Waals surface area contributed by atoms with E-state index in [0.717, 1.165) is 11.6 Å². The summed E-state index contributed by atoms with van der Waals surface area (Å²) in [6, 6.07) is 16.6. The van der Waals surface area contributed by atoms with Crippen LogP contribution in [0.3, 0.4) is 0 Å². The van der Waals surface area contributed by atoms with Crippen molar-refractivity contribution in [3.8, 4) is 11.1 Å². The van der Waals surface area contributed by atoms with Crippen LogP contribution in [0.1, 0.15) is 0 Å². The Morgan fingerprint density at radius 2 is 1.73 bits per heavy atom. The highest BCUT2D eigenvalue weighted by atomic mass is 35.5. The first kappa shape index (κ1) is 16.6. The fourth-order valence-electron chi connectivity index (χ4n) is 2.82. The molecule has 0 atom stereocenters. The van der Waals surface area contributed by atoms with Crippen LogP contribution in [0.2, 0.25) is 5.02 Å². The van der Waals surface area contributed by atoms with Crippen LogP contribution in [0.15, 0.2) is 75.5 Å². The minimum absolute atomic E-state index is 0.000477. The molecule has 4 rings (SSSR count). The largest absolute Gasteiger partial charge is 0.345 e. The van der Waals surface area contributed by atoms with Crippen molar-refractivity contribution >= 4 is 32.3 Å². The number of sulfone groups is 1. The Kier molecular flexibility index (Phi) is 3.90. The van der Waals surface area contributed by atoms with Gasteiger partial charge in [-0.1, -0.05) is 41.9 Å². The molecule has 0 saturated carbocycles. The molecule has 0 aliphatic heterocycles. The summed E-state index contributed by atoms with van der Waals surface area (Å²) < 4.78 is 26.3. The number of fused-ring (bicyclic) bond motifs is 1. The second kappa shape index (κ2) is 6.12. The summed E-state index contributed by atoms with van der Waals surface area (Å²) in [5.74, 6) is 0. The number of benzene rings is 2. The third-order valence-electron chi connectivity index (χ3n) is 3.99. The molecule has 0 unspecified atom stereocenters. The summed E-state index contributed by atoms with van der Waals surface area (Å²) >= 11 is 6.12. The zero-order valence-corrected chi connectivity index (χ0v) is 14.8. The molecule has 0 amide bonds. The lowest BCUT2D eigenvalue weighted by Gasteiger charge is -2.06. The van der Waals surface area contributed by atoms with E-state index < -0.39 is 15.4 Å². The number of rotatable bonds is 3. The Hall–Kier alpha value is -2.90. The van der Waals surface area contributed by atoms with E-state index in [-0.39, 0.29) is 10.1 Å². The van der Waals surface area contributed by atoms with Crippen LogP contribution in [-0.4, -0.2) is 23.6 Å². The number of hydrogen-bond donors (Lipinski definition) is 2. The number of aromatic amines is 2. The molecular formula is C18H12ClN3O3S. The van der Waals surface area contributed by atoms with Crippen molar-refractivity contribution in [1.29, 1.82) is 0 Å². The van der Waals surface area contributed by atoms with E-state index in [1.165, 1.54) is 6.07 Å². The Morgan fingerprint density at radius 1 is 0.962 bits per heavy atom. The smallest absolute Gasteiger partial charge is 0.264 e. The quantitative estimate of drug-likeness (QED) is 0.565. The van der Waals surface area contributed by atoms with Crippen LogP contribution in [0.25, 0.3) is 22.0 Å². The topological polar surface area (TPSA) is 95.7 Å². The Bertz CT molecular complexity index is 1260. The van der Waals surface area contributed by atoms with E-state index >= 15 is 0 Å². The van der Waals surface area contributed by atoms with Gasteiger partial charge in [-0.15, -0.1) is 0 Å². The first-order valence-corrected chi connectivity index (χ1v) is 9.50. The Balaban J connectivity index is 2.07. The SMILES string of the molecule is O=c1ccc(S(=O)(=O)c2[nH]c3ccc(Cl)cc3c2-c2ccccc2)n[nH]1. The molecule has 0 aliphatic rings. The van der Waals surface area contributed by atoms with Gasteiger partial charge in [0.05, 0.1) is 0 Å². The molecule has 2 aromatic carbocycles. The second-order valence-corrected chi connectivity index (χ2v) is 7.92. The summed E-state index contributed by atoms with van der Waals surface area (Å²) in [7, 11) is -3.99. The molecule has 0 radical (unpaired) electrons. The summed E-state index contributed by atoms with van der Waals surface area (Å²) in [6.45, 7) is 0. The molecule has 2 heterocycles. The number of halogens is 1. The minimum atomic E-state index is -3.99. The normalized spacial score (nSPS) is 11.7. The lowest BCUT2D eigenvalue weighted by molar-refractivity contribution is 0.587. The maximum atomic E-state index is 13.1. The molecule has 2 N–H and O–H groups in total. The summed E-state index contributed by atoms with van der Waals surface area (Å²) in [5.41, 5.74) is 1.40. The lowest BCUT2D eigenvalue weighted by atomic mass is 10.1. The highest BCUT2D eigenvalue weighted by Gasteiger charge is 2.27. The number of nitrogens with zero attached hydrogens (tertiary/aromatic N) is 1. The zero-order valence-electron chi connectivity index (χ0n) is 13.2. The number of nitrogens with one attached hydrogen (secondary N) is 2. The van der Waals surface area contributed by atoms with E-state index in [1.54, 1.807) is 18.2 Å². The maximum absolute atomic E-state index is 13.1. The lowest BCUT2D eigenvalue weighted by Crippen LogP contribution is -2.12. The molecule has 0 bridgehead atoms. The van der Waals surface area contributed by atoms with Crippen molar-refractivity contribution in [1.82, 2.24) is 15.2 Å². The molecule has 6 nitrogen and oxygen atoms in total. The molecule has 0 fully saturated rings. The average molecular weight is 386 g/mol. The summed E-state index contributed by atoms with van der Waals surface area (Å²) in [4.78, 5) is 14.2. The van der Waals surface area contributed by atoms with Gasteiger partial charge in [0.1, 0.15) is 5.03 Å². The highest BCUT2D eigenvalue weighted by Crippen LogP contribution is 2.37. The van der Waals surface area contributed by atoms with Crippen molar-refractivity contribution in [2.45, 2.75) is 10.1 Å². The number of hydrogen-bond acceptors (Lipinski definition) is 4. The van der Waals surface area contributed by atoms with Gasteiger partial charge in [-0.25, -0.2) is 13.5 Å². The Labute approximate surface area is 153 Å². The summed E-state index contributed by atoms with van der Waals surface area (Å²) in [5, 5.41) is 6.78. The van der Waals surface area contributed by atoms with Gasteiger partial charge >= 0.3 is 0 Å². The van der Waals surface area contributed by atoms with E-state index in [4.69, 9.17) is 11.6 Å². The monoisotopic (exact) mass is 385 g/mol. The van der Waals surface area contributed by atoms with E-state index in [9.17, 15) is 13.2 Å². The molecule has 2 aromatic heterocycles. The predicted octanol–water partition coefficient (Wildman–Crippen LogP) is 3.40. The summed E-state index contributed by atoms with van der Waals surface area (Å²) in [6.07, 6.45) is 0. The van der Waals surface area contributed by atoms with Crippen molar-refractivity contribution < 1.29 is 8.42 Å². The number of H-pyrrole nitrogens is 2. The molecule has 0 aliphatic carbocycles. The highest BCUT2D eigenvalue weighted by molar-refractivity contribution is 7.91. The van der Waals surface area contributed by atoms with E-state index in [1.807, 2.05) is 30.3 Å². The van der Waals surface area contributed by atoms with Gasteiger partial charge in [0.25, 0.3) is 5.56 Å². The Morgan fingerprint density at radius 3 is 2.42 bits per heavy atom. The molecule has 0 saturated heterocycles. The van der Waals surface area contributed by atoms with Crippen molar-refractivity contribution in [3.05, 3.63) is 76.0 Å². The van der Waals surface area contributed by atoms with Crippen LogP contribution in [0, 0.1) is 0 Å². The van der Waals surface area contributed by atoms with Crippen LogP contribution in [-0.2, 0) is 9.84 Å². The van der Waals surface area contributed by atoms with Crippen LogP contribution >= 0.6 is 11.6 Å². The number of aromatic nitrogens is 3. The zero-order chi connectivity index (χ0) is 18.3. The average Bonchev–Trinajstić information content (AvgIpc) is 3.02. The van der Waals surface area contributed by atoms with Crippen molar-refractivity contribution in [2.75, 3.05) is 0 Å². The first-order valence-electron chi connectivity index (χ1n) is 7.64. The van der Waals surface area contributed by atoms with Crippen LogP contribution in [0.4, 0.5) is 0 Å². The van der Waals surface area contributed by atoms with E-state index in [0.29, 0.717) is 21.5 Å². The van der Waals surface area contributed by atoms with Gasteiger partial charge < -0.3 is 4.98 Å². The predicted molar refractivity (Wildman–Crippen MR) is 99.1 cm³/mol. The third kappa shape index (κ3) is 2.71. The minimum Gasteiger partial charge on any atom is -0.345 e. The van der Waals surface area contributed by atoms with Gasteiger partial charge in [-0.05, 0) is 29.8 Å². The van der Waals surface area contributed by atoms with E-state index in [2.05, 4.69) is 15.2 Å². The fraction of sp³-hybridized carbons (Fsp3) is 0. The van der Waals surface area contributed by atoms with Gasteiger partial charge in [0.2, 0.25) is 9.84 Å².